The average Bonchev–Trinajstić information content (AvgIpc) is 2.81. The van der Waals surface area contributed by atoms with E-state index in [-0.39, 0.29) is 31.9 Å². The van der Waals surface area contributed by atoms with Crippen LogP contribution >= 0.6 is 0 Å². The minimum absolute atomic E-state index is 0.0386. The molecule has 0 saturated carbocycles. The molecule has 0 radical (unpaired) electrons. The van der Waals surface area contributed by atoms with Crippen LogP contribution in [-0.2, 0) is 31.8 Å². The fourth-order valence-electron chi connectivity index (χ4n) is 3.76. The van der Waals surface area contributed by atoms with Gasteiger partial charge in [0.1, 0.15) is 18.1 Å². The molecule has 0 aromatic heterocycles. The van der Waals surface area contributed by atoms with Crippen LogP contribution < -0.4 is 0 Å². The van der Waals surface area contributed by atoms with Gasteiger partial charge in [-0.1, -0.05) is 60.2 Å². The maximum atomic E-state index is 13.9. The van der Waals surface area contributed by atoms with E-state index in [1.54, 1.807) is 39.0 Å². The van der Waals surface area contributed by atoms with Gasteiger partial charge in [0, 0.05) is 26.4 Å². The average molecular weight is 498 g/mol. The number of hydrogen-bond acceptors (Lipinski definition) is 6. The summed E-state index contributed by atoms with van der Waals surface area (Å²) >= 11 is 0. The summed E-state index contributed by atoms with van der Waals surface area (Å²) in [5.41, 5.74) is 0.338. The lowest BCUT2D eigenvalue weighted by molar-refractivity contribution is -0.161. The summed E-state index contributed by atoms with van der Waals surface area (Å²) < 4.78 is 16.9. The highest BCUT2D eigenvalue weighted by Gasteiger charge is 2.49. The van der Waals surface area contributed by atoms with Gasteiger partial charge in [-0.2, -0.15) is 0 Å². The van der Waals surface area contributed by atoms with Crippen molar-refractivity contribution in [3.05, 3.63) is 77.4 Å². The Bertz CT molecular complexity index is 1020. The van der Waals surface area contributed by atoms with Gasteiger partial charge in [0.2, 0.25) is 0 Å². The largest absolute Gasteiger partial charge is 0.508 e. The summed E-state index contributed by atoms with van der Waals surface area (Å²) in [5, 5.41) is 10.1. The number of carbonyl (C=O) groups excluding carboxylic acids is 2. The molecule has 7 nitrogen and oxygen atoms in total. The first-order chi connectivity index (χ1) is 17.0. The van der Waals surface area contributed by atoms with Crippen molar-refractivity contribution in [3.63, 3.8) is 0 Å². The van der Waals surface area contributed by atoms with E-state index in [4.69, 9.17) is 14.2 Å². The number of rotatable bonds is 11. The van der Waals surface area contributed by atoms with Gasteiger partial charge in [-0.05, 0) is 51.8 Å². The molecule has 1 N–H and O–H groups in total. The molecule has 0 aliphatic heterocycles. The number of para-hydroxylation sites is 1. The molecule has 0 saturated heterocycles. The molecule has 0 fully saturated rings. The first-order valence-corrected chi connectivity index (χ1v) is 12.1. The first kappa shape index (κ1) is 28.9. The smallest absolute Gasteiger partial charge is 0.413 e. The second-order valence-corrected chi connectivity index (χ2v) is 10.0. The van der Waals surface area contributed by atoms with Gasteiger partial charge >= 0.3 is 12.1 Å². The minimum atomic E-state index is -1.42. The van der Waals surface area contributed by atoms with Crippen LogP contribution in [0.15, 0.2) is 66.2 Å². The predicted molar refractivity (Wildman–Crippen MR) is 140 cm³/mol. The van der Waals surface area contributed by atoms with Crippen LogP contribution in [0.25, 0.3) is 0 Å². The Morgan fingerprint density at radius 3 is 2.22 bits per heavy atom. The molecule has 0 bridgehead atoms. The number of hydrogen-bond donors (Lipinski definition) is 1. The molecular formula is C29H39NO6. The molecule has 0 heterocycles. The quantitative estimate of drug-likeness (QED) is 0.245. The summed E-state index contributed by atoms with van der Waals surface area (Å²) in [5.74, 6) is -0.425. The molecule has 7 heteroatoms. The molecule has 0 spiro atoms. The van der Waals surface area contributed by atoms with E-state index >= 15 is 0 Å². The van der Waals surface area contributed by atoms with Crippen LogP contribution in [0.5, 0.6) is 5.75 Å². The fourth-order valence-corrected chi connectivity index (χ4v) is 3.76. The number of nitrogens with zero attached hydrogens (tertiary/aromatic N) is 1. The summed E-state index contributed by atoms with van der Waals surface area (Å²) in [6.07, 6.45) is 2.00. The summed E-state index contributed by atoms with van der Waals surface area (Å²) in [4.78, 5) is 28.7. The Kier molecular flexibility index (Phi) is 10.5. The van der Waals surface area contributed by atoms with Crippen LogP contribution in [-0.4, -0.2) is 53.7 Å². The number of benzene rings is 2. The van der Waals surface area contributed by atoms with Gasteiger partial charge < -0.3 is 19.3 Å². The number of phenolic OH excluding ortho intramolecular Hbond substituents is 1. The molecule has 0 aliphatic rings. The highest BCUT2D eigenvalue weighted by molar-refractivity contribution is 5.86. The second-order valence-electron chi connectivity index (χ2n) is 10.0. The van der Waals surface area contributed by atoms with Crippen LogP contribution in [0.1, 0.15) is 52.2 Å². The van der Waals surface area contributed by atoms with Crippen molar-refractivity contribution in [2.24, 2.45) is 0 Å². The fraction of sp³-hybridized carbons (Fsp3) is 0.448. The molecule has 2 aromatic rings. The molecular weight excluding hydrogens is 458 g/mol. The van der Waals surface area contributed by atoms with E-state index in [1.807, 2.05) is 56.3 Å². The molecule has 1 amide bonds. The van der Waals surface area contributed by atoms with E-state index in [0.717, 1.165) is 11.1 Å². The molecule has 2 rings (SSSR count). The molecule has 0 aliphatic carbocycles. The Labute approximate surface area is 214 Å². The van der Waals surface area contributed by atoms with E-state index in [2.05, 4.69) is 0 Å². The molecule has 1 atom stereocenters. The lowest BCUT2D eigenvalue weighted by Crippen LogP contribution is -2.60. The standard InChI is InChI=1S/C29H39NO6/c1-22(2)16-18-29(20-23-12-8-7-9-13-23,30(21-34-6)27(33)36-28(3,4)5)26(32)35-19-17-24-14-10-11-15-25(24)31/h7-16,31H,17-21H2,1-6H3. The Balaban J connectivity index is 2.50. The van der Waals surface area contributed by atoms with Gasteiger partial charge in [0.05, 0.1) is 6.61 Å². The number of amides is 1. The van der Waals surface area contributed by atoms with Crippen molar-refractivity contribution in [1.82, 2.24) is 4.90 Å². The van der Waals surface area contributed by atoms with Crippen molar-refractivity contribution in [1.29, 1.82) is 0 Å². The normalized spacial score (nSPS) is 12.8. The number of esters is 1. The van der Waals surface area contributed by atoms with Gasteiger partial charge in [-0.3, -0.25) is 4.90 Å². The summed E-state index contributed by atoms with van der Waals surface area (Å²) in [6, 6.07) is 16.4. The second kappa shape index (κ2) is 13.1. The lowest BCUT2D eigenvalue weighted by Gasteiger charge is -2.41. The lowest BCUT2D eigenvalue weighted by atomic mass is 9.85. The van der Waals surface area contributed by atoms with Crippen LogP contribution in [0, 0.1) is 0 Å². The third kappa shape index (κ3) is 8.41. The van der Waals surface area contributed by atoms with E-state index in [9.17, 15) is 14.7 Å². The van der Waals surface area contributed by atoms with Crippen molar-refractivity contribution in [2.75, 3.05) is 20.4 Å². The van der Waals surface area contributed by atoms with Crippen LogP contribution in [0.3, 0.4) is 0 Å². The summed E-state index contributed by atoms with van der Waals surface area (Å²) in [7, 11) is 1.47. The molecule has 196 valence electrons. The van der Waals surface area contributed by atoms with E-state index < -0.39 is 23.2 Å². The van der Waals surface area contributed by atoms with Crippen LogP contribution in [0.4, 0.5) is 4.79 Å². The van der Waals surface area contributed by atoms with E-state index in [1.165, 1.54) is 12.0 Å². The monoisotopic (exact) mass is 497 g/mol. The van der Waals surface area contributed by atoms with E-state index in [0.29, 0.717) is 12.0 Å². The maximum absolute atomic E-state index is 13.9. The number of aromatic hydroxyl groups is 1. The number of carbonyl (C=O) groups is 2. The van der Waals surface area contributed by atoms with Crippen LogP contribution in [0.2, 0.25) is 0 Å². The zero-order valence-corrected chi connectivity index (χ0v) is 22.2. The maximum Gasteiger partial charge on any atom is 0.413 e. The van der Waals surface area contributed by atoms with Crippen molar-refractivity contribution >= 4 is 12.1 Å². The van der Waals surface area contributed by atoms with Gasteiger partial charge in [0.15, 0.2) is 5.54 Å². The van der Waals surface area contributed by atoms with Gasteiger partial charge in [-0.25, -0.2) is 9.59 Å². The van der Waals surface area contributed by atoms with Crippen molar-refractivity contribution in [3.8, 4) is 5.75 Å². The highest BCUT2D eigenvalue weighted by Crippen LogP contribution is 2.31. The number of methoxy groups -OCH3 is 1. The third-order valence-corrected chi connectivity index (χ3v) is 5.55. The SMILES string of the molecule is COCN(C(=O)OC(C)(C)C)C(CC=C(C)C)(Cc1ccccc1)C(=O)OCCc1ccccc1O. The zero-order chi connectivity index (χ0) is 26.8. The van der Waals surface area contributed by atoms with Crippen molar-refractivity contribution < 1.29 is 28.9 Å². The third-order valence-electron chi connectivity index (χ3n) is 5.55. The number of phenols is 1. The Morgan fingerprint density at radius 1 is 1.00 bits per heavy atom. The first-order valence-electron chi connectivity index (χ1n) is 12.1. The van der Waals surface area contributed by atoms with Gasteiger partial charge in [0.25, 0.3) is 0 Å². The number of allylic oxidation sites excluding steroid dienone is 1. The highest BCUT2D eigenvalue weighted by atomic mass is 16.6. The topological polar surface area (TPSA) is 85.3 Å². The minimum Gasteiger partial charge on any atom is -0.508 e. The Hall–Kier alpha value is -3.32. The Morgan fingerprint density at radius 2 is 1.64 bits per heavy atom. The van der Waals surface area contributed by atoms with Gasteiger partial charge in [-0.15, -0.1) is 0 Å². The number of ether oxygens (including phenoxy) is 3. The summed E-state index contributed by atoms with van der Waals surface area (Å²) in [6.45, 7) is 9.07. The van der Waals surface area contributed by atoms with Crippen molar-refractivity contribution in [2.45, 2.75) is 65.0 Å². The molecule has 2 aromatic carbocycles. The zero-order valence-electron chi connectivity index (χ0n) is 22.2. The molecule has 36 heavy (non-hydrogen) atoms. The predicted octanol–water partition coefficient (Wildman–Crippen LogP) is 5.66. The molecule has 1 unspecified atom stereocenters.